The zero-order valence-electron chi connectivity index (χ0n) is 14.4. The third-order valence-corrected chi connectivity index (χ3v) is 4.69. The molecule has 0 spiro atoms. The fourth-order valence-corrected chi connectivity index (χ4v) is 3.15. The van der Waals surface area contributed by atoms with Crippen LogP contribution in [0.15, 0.2) is 41.8 Å². The molecule has 2 aromatic rings. The molecule has 0 aromatic carbocycles. The number of hydrogen-bond donors (Lipinski definition) is 0. The minimum atomic E-state index is -0.535. The quantitative estimate of drug-likeness (QED) is 0.569. The number of aromatic nitrogens is 3. The minimum Gasteiger partial charge on any atom is -0.452 e. The molecule has 9 heteroatoms. The second kappa shape index (κ2) is 8.61. The molecule has 0 atom stereocenters. The lowest BCUT2D eigenvalue weighted by Crippen LogP contribution is -2.50. The summed E-state index contributed by atoms with van der Waals surface area (Å²) >= 11 is 1.36. The SMILES string of the molecule is CSc1ncccc1C(=O)OCC(=O)N1CCN(c2ncccn2)CC1. The molecule has 1 fully saturated rings. The lowest BCUT2D eigenvalue weighted by atomic mass is 10.3. The summed E-state index contributed by atoms with van der Waals surface area (Å²) in [5.41, 5.74) is 0.374. The van der Waals surface area contributed by atoms with E-state index in [-0.39, 0.29) is 12.5 Å². The maximum absolute atomic E-state index is 12.3. The average molecular weight is 373 g/mol. The largest absolute Gasteiger partial charge is 0.452 e. The van der Waals surface area contributed by atoms with E-state index in [2.05, 4.69) is 15.0 Å². The van der Waals surface area contributed by atoms with Crippen molar-refractivity contribution >= 4 is 29.6 Å². The molecule has 0 radical (unpaired) electrons. The fraction of sp³-hybridized carbons (Fsp3) is 0.353. The van der Waals surface area contributed by atoms with Crippen molar-refractivity contribution in [2.75, 3.05) is 43.9 Å². The molecule has 26 heavy (non-hydrogen) atoms. The Labute approximate surface area is 155 Å². The molecule has 0 unspecified atom stereocenters. The van der Waals surface area contributed by atoms with Crippen LogP contribution in [0.25, 0.3) is 0 Å². The van der Waals surface area contributed by atoms with E-state index in [0.717, 1.165) is 0 Å². The molecule has 2 aromatic heterocycles. The Morgan fingerprint density at radius 2 is 1.77 bits per heavy atom. The van der Waals surface area contributed by atoms with Gasteiger partial charge in [-0.3, -0.25) is 4.79 Å². The number of hydrogen-bond acceptors (Lipinski definition) is 8. The van der Waals surface area contributed by atoms with Crippen LogP contribution in [-0.2, 0) is 9.53 Å². The molecule has 0 bridgehead atoms. The molecule has 1 saturated heterocycles. The van der Waals surface area contributed by atoms with Gasteiger partial charge in [-0.25, -0.2) is 19.7 Å². The highest BCUT2D eigenvalue weighted by Crippen LogP contribution is 2.17. The molecule has 1 aliphatic heterocycles. The summed E-state index contributed by atoms with van der Waals surface area (Å²) in [7, 11) is 0. The zero-order chi connectivity index (χ0) is 18.4. The van der Waals surface area contributed by atoms with Gasteiger partial charge >= 0.3 is 5.97 Å². The highest BCUT2D eigenvalue weighted by molar-refractivity contribution is 7.98. The third-order valence-electron chi connectivity index (χ3n) is 3.98. The predicted octanol–water partition coefficient (Wildman–Crippen LogP) is 1.10. The predicted molar refractivity (Wildman–Crippen MR) is 97.1 cm³/mol. The van der Waals surface area contributed by atoms with E-state index in [0.29, 0.717) is 42.7 Å². The molecule has 0 N–H and O–H groups in total. The van der Waals surface area contributed by atoms with E-state index >= 15 is 0 Å². The zero-order valence-corrected chi connectivity index (χ0v) is 15.2. The van der Waals surface area contributed by atoms with Gasteiger partial charge in [0, 0.05) is 44.8 Å². The van der Waals surface area contributed by atoms with Crippen LogP contribution in [0.2, 0.25) is 0 Å². The Hall–Kier alpha value is -2.68. The van der Waals surface area contributed by atoms with Crippen molar-refractivity contribution in [1.29, 1.82) is 0 Å². The molecular formula is C17H19N5O3S. The number of thioether (sulfide) groups is 1. The Morgan fingerprint density at radius 3 is 2.46 bits per heavy atom. The highest BCUT2D eigenvalue weighted by atomic mass is 32.2. The van der Waals surface area contributed by atoms with E-state index in [1.54, 1.807) is 41.7 Å². The van der Waals surface area contributed by atoms with Crippen LogP contribution >= 0.6 is 11.8 Å². The molecule has 0 saturated carbocycles. The van der Waals surface area contributed by atoms with Crippen molar-refractivity contribution in [3.05, 3.63) is 42.4 Å². The first-order chi connectivity index (χ1) is 12.7. The van der Waals surface area contributed by atoms with Crippen LogP contribution in [0.1, 0.15) is 10.4 Å². The number of ether oxygens (including phenoxy) is 1. The molecule has 3 heterocycles. The molecular weight excluding hydrogens is 354 g/mol. The van der Waals surface area contributed by atoms with Crippen molar-refractivity contribution in [2.24, 2.45) is 0 Å². The van der Waals surface area contributed by atoms with Gasteiger partial charge in [-0.05, 0) is 24.5 Å². The number of anilines is 1. The summed E-state index contributed by atoms with van der Waals surface area (Å²) < 4.78 is 5.18. The van der Waals surface area contributed by atoms with Gasteiger partial charge in [0.2, 0.25) is 5.95 Å². The van der Waals surface area contributed by atoms with Gasteiger partial charge in [-0.1, -0.05) is 0 Å². The first-order valence-corrected chi connectivity index (χ1v) is 9.37. The Balaban J connectivity index is 1.49. The summed E-state index contributed by atoms with van der Waals surface area (Å²) in [6.45, 7) is 2.09. The number of amides is 1. The van der Waals surface area contributed by atoms with E-state index in [1.165, 1.54) is 11.8 Å². The van der Waals surface area contributed by atoms with Gasteiger partial charge in [-0.15, -0.1) is 11.8 Å². The van der Waals surface area contributed by atoms with Gasteiger partial charge in [0.25, 0.3) is 5.91 Å². The molecule has 1 amide bonds. The molecule has 8 nitrogen and oxygen atoms in total. The van der Waals surface area contributed by atoms with Crippen molar-refractivity contribution in [3.8, 4) is 0 Å². The lowest BCUT2D eigenvalue weighted by Gasteiger charge is -2.34. The van der Waals surface area contributed by atoms with Crippen molar-refractivity contribution in [3.63, 3.8) is 0 Å². The maximum atomic E-state index is 12.3. The standard InChI is InChI=1S/C17H19N5O3S/c1-26-15-13(4-2-5-18-15)16(24)25-12-14(23)21-8-10-22(11-9-21)17-19-6-3-7-20-17/h2-7H,8-12H2,1H3. The first kappa shape index (κ1) is 18.1. The number of pyridine rings is 1. The van der Waals surface area contributed by atoms with Gasteiger partial charge in [0.1, 0.15) is 5.03 Å². The van der Waals surface area contributed by atoms with E-state index in [4.69, 9.17) is 4.74 Å². The number of nitrogens with zero attached hydrogens (tertiary/aromatic N) is 5. The number of carbonyl (C=O) groups excluding carboxylic acids is 2. The van der Waals surface area contributed by atoms with Crippen LogP contribution < -0.4 is 4.90 Å². The van der Waals surface area contributed by atoms with Crippen LogP contribution in [-0.4, -0.2) is 70.8 Å². The van der Waals surface area contributed by atoms with Crippen molar-refractivity contribution < 1.29 is 14.3 Å². The van der Waals surface area contributed by atoms with Crippen LogP contribution in [0.3, 0.4) is 0 Å². The summed E-state index contributed by atoms with van der Waals surface area (Å²) in [4.78, 5) is 40.8. The van der Waals surface area contributed by atoms with Gasteiger partial charge in [0.15, 0.2) is 6.61 Å². The van der Waals surface area contributed by atoms with Crippen LogP contribution in [0.4, 0.5) is 5.95 Å². The highest BCUT2D eigenvalue weighted by Gasteiger charge is 2.23. The smallest absolute Gasteiger partial charge is 0.341 e. The Bertz CT molecular complexity index is 766. The van der Waals surface area contributed by atoms with Crippen molar-refractivity contribution in [1.82, 2.24) is 19.9 Å². The topological polar surface area (TPSA) is 88.5 Å². The average Bonchev–Trinajstić information content (AvgIpc) is 2.72. The monoisotopic (exact) mass is 373 g/mol. The van der Waals surface area contributed by atoms with Crippen LogP contribution in [0.5, 0.6) is 0 Å². The summed E-state index contributed by atoms with van der Waals surface area (Å²) in [6.07, 6.45) is 6.84. The van der Waals surface area contributed by atoms with Crippen molar-refractivity contribution in [2.45, 2.75) is 5.03 Å². The number of piperazine rings is 1. The van der Waals surface area contributed by atoms with E-state index in [1.807, 2.05) is 11.2 Å². The second-order valence-corrected chi connectivity index (χ2v) is 6.35. The first-order valence-electron chi connectivity index (χ1n) is 8.15. The van der Waals surface area contributed by atoms with Gasteiger partial charge in [-0.2, -0.15) is 0 Å². The summed E-state index contributed by atoms with van der Waals surface area (Å²) in [6, 6.07) is 5.08. The lowest BCUT2D eigenvalue weighted by molar-refractivity contribution is -0.134. The van der Waals surface area contributed by atoms with E-state index in [9.17, 15) is 9.59 Å². The molecule has 0 aliphatic carbocycles. The maximum Gasteiger partial charge on any atom is 0.341 e. The van der Waals surface area contributed by atoms with Gasteiger partial charge in [0.05, 0.1) is 5.56 Å². The summed E-state index contributed by atoms with van der Waals surface area (Å²) in [5.74, 6) is -0.0825. The Kier molecular flexibility index (Phi) is 6.00. The summed E-state index contributed by atoms with van der Waals surface area (Å²) in [5, 5.41) is 0.585. The third kappa shape index (κ3) is 4.29. The number of esters is 1. The van der Waals surface area contributed by atoms with Crippen LogP contribution in [0, 0.1) is 0 Å². The molecule has 136 valence electrons. The number of carbonyl (C=O) groups is 2. The van der Waals surface area contributed by atoms with Gasteiger partial charge < -0.3 is 14.5 Å². The second-order valence-electron chi connectivity index (χ2n) is 5.55. The molecule has 3 rings (SSSR count). The molecule has 1 aliphatic rings. The minimum absolute atomic E-state index is 0.207. The van der Waals surface area contributed by atoms with E-state index < -0.39 is 5.97 Å². The number of rotatable bonds is 5. The fourth-order valence-electron chi connectivity index (χ4n) is 2.62. The Morgan fingerprint density at radius 1 is 1.08 bits per heavy atom. The normalized spacial score (nSPS) is 14.2.